The number of aromatic nitrogens is 2. The molecule has 140 valence electrons. The first kappa shape index (κ1) is 18.6. The van der Waals surface area contributed by atoms with E-state index in [1.165, 1.54) is 10.2 Å². The molecule has 0 atom stereocenters. The van der Waals surface area contributed by atoms with Crippen molar-refractivity contribution in [2.75, 3.05) is 0 Å². The zero-order chi connectivity index (χ0) is 19.1. The summed E-state index contributed by atoms with van der Waals surface area (Å²) in [5.41, 5.74) is 1.05. The van der Waals surface area contributed by atoms with Crippen molar-refractivity contribution in [3.8, 4) is 0 Å². The van der Waals surface area contributed by atoms with E-state index in [1.54, 1.807) is 6.92 Å². The molecule has 0 unspecified atom stereocenters. The topological polar surface area (TPSA) is 84.2 Å². The van der Waals surface area contributed by atoms with Gasteiger partial charge in [-0.2, -0.15) is 5.10 Å². The largest absolute Gasteiger partial charge is 0.390 e. The third-order valence-corrected chi connectivity index (χ3v) is 5.09. The monoisotopic (exact) mass is 357 g/mol. The first-order valence-corrected chi connectivity index (χ1v) is 9.25. The third kappa shape index (κ3) is 3.65. The van der Waals surface area contributed by atoms with Crippen molar-refractivity contribution < 1.29 is 9.90 Å². The summed E-state index contributed by atoms with van der Waals surface area (Å²) in [5.74, 6) is 0.123. The van der Waals surface area contributed by atoms with Gasteiger partial charge in [-0.3, -0.25) is 9.59 Å². The predicted molar refractivity (Wildman–Crippen MR) is 101 cm³/mol. The van der Waals surface area contributed by atoms with Gasteiger partial charge < -0.3 is 10.4 Å². The minimum absolute atomic E-state index is 0.0343. The molecule has 3 rings (SSSR count). The van der Waals surface area contributed by atoms with Gasteiger partial charge in [-0.1, -0.05) is 26.8 Å². The minimum Gasteiger partial charge on any atom is -0.390 e. The molecule has 1 aromatic carbocycles. The summed E-state index contributed by atoms with van der Waals surface area (Å²) >= 11 is 0. The molecular weight excluding hydrogens is 330 g/mol. The van der Waals surface area contributed by atoms with Crippen molar-refractivity contribution in [1.29, 1.82) is 0 Å². The first-order valence-electron chi connectivity index (χ1n) is 9.25. The standard InChI is InChI=1S/C20H27N3O3/c1-5-17-16-8-13(12(2)3)6-7-15(16)19(25)23(22-17)11-18(24)21-14-9-20(4,26)10-14/h6-8,12,14,26H,5,9-11H2,1-4H3,(H,21,24)/t14-,20+. The van der Waals surface area contributed by atoms with Crippen LogP contribution in [0.3, 0.4) is 0 Å². The molecule has 1 aliphatic carbocycles. The van der Waals surface area contributed by atoms with E-state index < -0.39 is 5.60 Å². The van der Waals surface area contributed by atoms with Crippen LogP contribution in [-0.4, -0.2) is 32.4 Å². The molecule has 26 heavy (non-hydrogen) atoms. The van der Waals surface area contributed by atoms with Crippen molar-refractivity contribution >= 4 is 16.7 Å². The third-order valence-electron chi connectivity index (χ3n) is 5.09. The average molecular weight is 357 g/mol. The van der Waals surface area contributed by atoms with Gasteiger partial charge in [0.05, 0.1) is 16.7 Å². The minimum atomic E-state index is -0.695. The Morgan fingerprint density at radius 1 is 1.38 bits per heavy atom. The maximum absolute atomic E-state index is 12.8. The molecule has 0 saturated heterocycles. The highest BCUT2D eigenvalue weighted by molar-refractivity contribution is 5.85. The summed E-state index contributed by atoms with van der Waals surface area (Å²) in [6.45, 7) is 7.87. The van der Waals surface area contributed by atoms with Gasteiger partial charge in [0, 0.05) is 11.4 Å². The van der Waals surface area contributed by atoms with Crippen LogP contribution in [0.1, 0.15) is 57.7 Å². The molecule has 0 spiro atoms. The Balaban J connectivity index is 1.87. The molecule has 6 nitrogen and oxygen atoms in total. The summed E-state index contributed by atoms with van der Waals surface area (Å²) < 4.78 is 1.25. The Kier molecular flexibility index (Phi) is 4.88. The normalized spacial score (nSPS) is 22.5. The molecule has 1 aliphatic rings. The summed E-state index contributed by atoms with van der Waals surface area (Å²) in [5, 5.41) is 18.5. The molecule has 2 aromatic rings. The number of hydrogen-bond acceptors (Lipinski definition) is 4. The van der Waals surface area contributed by atoms with E-state index in [0.717, 1.165) is 11.1 Å². The second-order valence-electron chi connectivity index (χ2n) is 7.89. The van der Waals surface area contributed by atoms with E-state index in [0.29, 0.717) is 30.6 Å². The number of aryl methyl sites for hydroxylation is 1. The fraction of sp³-hybridized carbons (Fsp3) is 0.550. The molecule has 2 N–H and O–H groups in total. The summed E-state index contributed by atoms with van der Waals surface area (Å²) in [7, 11) is 0. The Hall–Kier alpha value is -2.21. The number of hydrogen-bond donors (Lipinski definition) is 2. The summed E-state index contributed by atoms with van der Waals surface area (Å²) in [6.07, 6.45) is 1.76. The zero-order valence-corrected chi connectivity index (χ0v) is 15.9. The second kappa shape index (κ2) is 6.83. The van der Waals surface area contributed by atoms with Gasteiger partial charge in [0.1, 0.15) is 6.54 Å². The fourth-order valence-electron chi connectivity index (χ4n) is 3.61. The maximum Gasteiger partial charge on any atom is 0.275 e. The highest BCUT2D eigenvalue weighted by Crippen LogP contribution is 2.31. The molecule has 1 heterocycles. The van der Waals surface area contributed by atoms with Gasteiger partial charge in [0.15, 0.2) is 0 Å². The predicted octanol–water partition coefficient (Wildman–Crippen LogP) is 2.11. The van der Waals surface area contributed by atoms with Crippen LogP contribution in [0.2, 0.25) is 0 Å². The molecule has 6 heteroatoms. The van der Waals surface area contributed by atoms with E-state index in [-0.39, 0.29) is 24.1 Å². The molecule has 1 amide bonds. The van der Waals surface area contributed by atoms with Crippen LogP contribution in [0, 0.1) is 0 Å². The van der Waals surface area contributed by atoms with Gasteiger partial charge in [0.25, 0.3) is 5.56 Å². The second-order valence-corrected chi connectivity index (χ2v) is 7.89. The number of amides is 1. The number of carbonyl (C=O) groups is 1. The number of carbonyl (C=O) groups excluding carboxylic acids is 1. The highest BCUT2D eigenvalue weighted by Gasteiger charge is 2.39. The van der Waals surface area contributed by atoms with Crippen LogP contribution in [0.25, 0.3) is 10.8 Å². The molecular formula is C20H27N3O3. The fourth-order valence-corrected chi connectivity index (χ4v) is 3.61. The lowest BCUT2D eigenvalue weighted by Crippen LogP contribution is -2.54. The van der Waals surface area contributed by atoms with Crippen LogP contribution < -0.4 is 10.9 Å². The smallest absolute Gasteiger partial charge is 0.275 e. The number of fused-ring (bicyclic) bond motifs is 1. The molecule has 0 radical (unpaired) electrons. The molecule has 1 fully saturated rings. The van der Waals surface area contributed by atoms with Crippen LogP contribution in [0.15, 0.2) is 23.0 Å². The SMILES string of the molecule is CCc1nn(CC(=O)N[C@H]2C[C@@](C)(O)C2)c(=O)c2ccc(C(C)C)cc12. The average Bonchev–Trinajstić information content (AvgIpc) is 2.55. The van der Waals surface area contributed by atoms with E-state index in [1.807, 2.05) is 25.1 Å². The first-order chi connectivity index (χ1) is 12.2. The van der Waals surface area contributed by atoms with Gasteiger partial charge in [-0.25, -0.2) is 4.68 Å². The molecule has 0 aliphatic heterocycles. The summed E-state index contributed by atoms with van der Waals surface area (Å²) in [4.78, 5) is 25.0. The van der Waals surface area contributed by atoms with Crippen molar-refractivity contribution in [3.63, 3.8) is 0 Å². The van der Waals surface area contributed by atoms with Crippen molar-refractivity contribution in [2.45, 2.75) is 71.1 Å². The van der Waals surface area contributed by atoms with Crippen molar-refractivity contribution in [3.05, 3.63) is 39.8 Å². The molecule has 0 bridgehead atoms. The number of aliphatic hydroxyl groups is 1. The van der Waals surface area contributed by atoms with Crippen LogP contribution in [-0.2, 0) is 17.8 Å². The zero-order valence-electron chi connectivity index (χ0n) is 15.9. The van der Waals surface area contributed by atoms with Gasteiger partial charge in [-0.05, 0) is 49.8 Å². The quantitative estimate of drug-likeness (QED) is 0.858. The Bertz CT molecular complexity index is 891. The lowest BCUT2D eigenvalue weighted by Gasteiger charge is -2.41. The Morgan fingerprint density at radius 3 is 2.65 bits per heavy atom. The van der Waals surface area contributed by atoms with Crippen molar-refractivity contribution in [1.82, 2.24) is 15.1 Å². The maximum atomic E-state index is 12.8. The van der Waals surface area contributed by atoms with Crippen LogP contribution in [0.5, 0.6) is 0 Å². The molecule has 1 saturated carbocycles. The lowest BCUT2D eigenvalue weighted by molar-refractivity contribution is -0.125. The van der Waals surface area contributed by atoms with E-state index in [2.05, 4.69) is 24.3 Å². The van der Waals surface area contributed by atoms with Gasteiger partial charge >= 0.3 is 0 Å². The Morgan fingerprint density at radius 2 is 2.08 bits per heavy atom. The number of nitrogens with one attached hydrogen (secondary N) is 1. The number of nitrogens with zero attached hydrogens (tertiary/aromatic N) is 2. The van der Waals surface area contributed by atoms with E-state index in [9.17, 15) is 14.7 Å². The lowest BCUT2D eigenvalue weighted by atomic mass is 9.77. The number of rotatable bonds is 5. The summed E-state index contributed by atoms with van der Waals surface area (Å²) in [6, 6.07) is 5.81. The Labute approximate surface area is 153 Å². The van der Waals surface area contributed by atoms with E-state index in [4.69, 9.17) is 0 Å². The van der Waals surface area contributed by atoms with Gasteiger partial charge in [0.2, 0.25) is 5.91 Å². The van der Waals surface area contributed by atoms with E-state index >= 15 is 0 Å². The highest BCUT2D eigenvalue weighted by atomic mass is 16.3. The van der Waals surface area contributed by atoms with Crippen molar-refractivity contribution in [2.24, 2.45) is 0 Å². The number of benzene rings is 1. The van der Waals surface area contributed by atoms with Crippen LogP contribution in [0.4, 0.5) is 0 Å². The molecule has 1 aromatic heterocycles. The van der Waals surface area contributed by atoms with Crippen LogP contribution >= 0.6 is 0 Å². The van der Waals surface area contributed by atoms with Gasteiger partial charge in [-0.15, -0.1) is 0 Å².